The van der Waals surface area contributed by atoms with Crippen LogP contribution in [-0.2, 0) is 70.2 Å². The zero-order valence-electron chi connectivity index (χ0n) is 57.9. The fourth-order valence-electron chi connectivity index (χ4n) is 12.5. The number of primary amides is 1. The number of methoxy groups -OCH3 is 3. The molecule has 1 fully saturated rings. The van der Waals surface area contributed by atoms with E-state index in [2.05, 4.69) is 31.9 Å². The number of rotatable bonds is 40. The Morgan fingerprint density at radius 1 is 0.734 bits per heavy atom. The first kappa shape index (κ1) is 79.0. The number of ether oxygens (including phenoxy) is 3. The van der Waals surface area contributed by atoms with E-state index >= 15 is 0 Å². The number of nitrogens with one attached hydrogen (secondary N) is 6. The van der Waals surface area contributed by atoms with E-state index in [0.29, 0.717) is 76.7 Å². The quantitative estimate of drug-likeness (QED) is 0.0338. The van der Waals surface area contributed by atoms with Crippen LogP contribution in [-0.4, -0.2) is 206 Å². The van der Waals surface area contributed by atoms with Crippen molar-refractivity contribution in [3.8, 4) is 0 Å². The highest BCUT2D eigenvalue weighted by Crippen LogP contribution is 2.30. The van der Waals surface area contributed by atoms with Crippen LogP contribution in [0.3, 0.4) is 0 Å². The van der Waals surface area contributed by atoms with Crippen LogP contribution in [0, 0.1) is 29.6 Å². The lowest BCUT2D eigenvalue weighted by Gasteiger charge is -2.41. The van der Waals surface area contributed by atoms with E-state index in [1.165, 1.54) is 38.4 Å². The topological polar surface area (TPSA) is 330 Å². The number of unbranched alkanes of at least 4 members (excludes halogenated alkanes) is 2. The Morgan fingerprint density at radius 2 is 1.39 bits per heavy atom. The number of esters is 1. The fraction of sp³-hybridized carbons (Fsp3) is 0.652. The van der Waals surface area contributed by atoms with Gasteiger partial charge in [-0.25, -0.2) is 9.59 Å². The molecule has 2 aromatic rings. The van der Waals surface area contributed by atoms with Gasteiger partial charge in [0.15, 0.2) is 0 Å². The summed E-state index contributed by atoms with van der Waals surface area (Å²) in [4.78, 5) is 141. The van der Waals surface area contributed by atoms with Crippen LogP contribution in [0.1, 0.15) is 138 Å². The molecule has 2 heterocycles. The summed E-state index contributed by atoms with van der Waals surface area (Å²) in [5.74, 6) is -5.29. The minimum atomic E-state index is -1.05. The molecule has 1 unspecified atom stereocenters. The molecule has 2 aromatic carbocycles. The standard InChI is InChI=1S/C69H109N11O14/c1-15-45(8)61(53(92-12)41-57(84)79-38-23-27-52(79)62(93-13)46(9)63(85)74-51(68(90)94-14)40-48-24-18-16-19-25-48)78(11)67(89)59(43(4)5)76-66(88)60(44(6)7)77(10)39-35-47-29-31-49(32-30-47)72-64(86)50(26-22-36-71-69(70)91)73-65(87)58(42(2)3)75-54(81)28-20-17-21-37-80-55(82)33-34-56(80)83/h16,18-19,24-25,29-34,42-46,50-53,55,58-62,82H,15,17,20-23,26-28,35-41H2,1-14H3,(H,72,86)(H,73,87)(H,74,85)(H,75,81)(H,76,88)(H3,70,71,91)/t45-,46+,50-,51-,52-,53+,55?,58-,59-,60-,61-,62+/m0/s1. The number of likely N-dealkylation sites (tertiary alicyclic amines) is 1. The fourth-order valence-corrected chi connectivity index (χ4v) is 12.5. The van der Waals surface area contributed by atoms with Gasteiger partial charge in [-0.1, -0.05) is 118 Å². The van der Waals surface area contributed by atoms with Crippen molar-refractivity contribution in [1.29, 1.82) is 0 Å². The Kier molecular flexibility index (Phi) is 33.1. The van der Waals surface area contributed by atoms with Crippen molar-refractivity contribution >= 4 is 64.9 Å². The second kappa shape index (κ2) is 39.4. The normalized spacial score (nSPS) is 17.9. The number of benzene rings is 2. The summed E-state index contributed by atoms with van der Waals surface area (Å²) in [6.07, 6.45) is 5.16. The van der Waals surface area contributed by atoms with E-state index in [1.54, 1.807) is 49.8 Å². The lowest BCUT2D eigenvalue weighted by atomic mass is 9.89. The summed E-state index contributed by atoms with van der Waals surface area (Å²) < 4.78 is 17.2. The highest BCUT2D eigenvalue weighted by atomic mass is 16.5. The molecule has 1 saturated heterocycles. The van der Waals surface area contributed by atoms with Gasteiger partial charge in [0.1, 0.15) is 30.4 Å². The Morgan fingerprint density at radius 3 is 1.97 bits per heavy atom. The molecule has 2 aliphatic rings. The van der Waals surface area contributed by atoms with Crippen molar-refractivity contribution in [2.75, 3.05) is 66.9 Å². The van der Waals surface area contributed by atoms with E-state index in [0.717, 1.165) is 11.1 Å². The van der Waals surface area contributed by atoms with Crippen LogP contribution in [0.15, 0.2) is 66.7 Å². The van der Waals surface area contributed by atoms with Gasteiger partial charge in [-0.15, -0.1) is 0 Å². The summed E-state index contributed by atoms with van der Waals surface area (Å²) in [5.41, 5.74) is 7.47. The smallest absolute Gasteiger partial charge is 0.328 e. The largest absolute Gasteiger partial charge is 0.467 e. The van der Waals surface area contributed by atoms with Crippen molar-refractivity contribution in [1.82, 2.24) is 46.2 Å². The van der Waals surface area contributed by atoms with Gasteiger partial charge >= 0.3 is 12.0 Å². The molecule has 0 radical (unpaired) electrons. The average molecular weight is 1320 g/mol. The van der Waals surface area contributed by atoms with Gasteiger partial charge in [-0.2, -0.15) is 0 Å². The van der Waals surface area contributed by atoms with Gasteiger partial charge < -0.3 is 71.7 Å². The molecule has 2 aliphatic heterocycles. The number of aliphatic hydroxyl groups is 1. The first-order valence-electron chi connectivity index (χ1n) is 33.3. The molecular weight excluding hydrogens is 1210 g/mol. The monoisotopic (exact) mass is 1320 g/mol. The van der Waals surface area contributed by atoms with E-state index in [-0.39, 0.29) is 85.4 Å². The minimum absolute atomic E-state index is 0.0715. The Balaban J connectivity index is 1.39. The molecule has 12 atom stereocenters. The molecule has 0 aromatic heterocycles. The van der Waals surface area contributed by atoms with Crippen molar-refractivity contribution in [2.24, 2.45) is 35.3 Å². The van der Waals surface area contributed by atoms with Crippen LogP contribution in [0.4, 0.5) is 10.5 Å². The van der Waals surface area contributed by atoms with Crippen molar-refractivity contribution < 1.29 is 67.3 Å². The molecule has 9 N–H and O–H groups in total. The maximum Gasteiger partial charge on any atom is 0.328 e. The number of urea groups is 1. The number of likely N-dealkylation sites (N-methyl/N-ethyl adjacent to an activating group) is 2. The molecular formula is C69H109N11O14. The van der Waals surface area contributed by atoms with Crippen LogP contribution >= 0.6 is 0 Å². The second-order valence-electron chi connectivity index (χ2n) is 26.1. The summed E-state index contributed by atoms with van der Waals surface area (Å²) >= 11 is 0. The maximum absolute atomic E-state index is 14.9. The average Bonchev–Trinajstić information content (AvgIpc) is 1.36. The zero-order valence-corrected chi connectivity index (χ0v) is 57.9. The summed E-state index contributed by atoms with van der Waals surface area (Å²) in [6, 6.07) is 10.2. The van der Waals surface area contributed by atoms with Crippen LogP contribution < -0.4 is 37.6 Å². The number of nitrogens with two attached hydrogens (primary N) is 1. The predicted octanol–water partition coefficient (Wildman–Crippen LogP) is 4.44. The highest BCUT2D eigenvalue weighted by Gasteiger charge is 2.44. The SMILES string of the molecule is CC[C@H](C)[C@@H]([C@@H](CC(=O)N1CCC[C@H]1[C@H](OC)[C@@H](C)C(=O)N[C@@H](Cc1ccccc1)C(=O)OC)OC)N(C)C(=O)[C@@H](NC(=O)[C@H](C(C)C)N(C)CCc1ccc(NC(=O)[C@H](CCCNC(N)=O)NC(=O)[C@@H](NC(=O)CCCCCN2C(=O)C=CC2O)C(C)C)cc1)C(C)C. The van der Waals surface area contributed by atoms with Crippen molar-refractivity contribution in [3.05, 3.63) is 77.9 Å². The first-order chi connectivity index (χ1) is 44.6. The van der Waals surface area contributed by atoms with E-state index in [1.807, 2.05) is 96.0 Å². The zero-order chi connectivity index (χ0) is 69.9. The van der Waals surface area contributed by atoms with Crippen molar-refractivity contribution in [2.45, 2.75) is 200 Å². The molecule has 524 valence electrons. The minimum Gasteiger partial charge on any atom is -0.467 e. The Bertz CT molecular complexity index is 2820. The van der Waals surface area contributed by atoms with E-state index < -0.39 is 96.4 Å². The van der Waals surface area contributed by atoms with Gasteiger partial charge in [0.2, 0.25) is 47.3 Å². The van der Waals surface area contributed by atoms with Crippen LogP contribution in [0.5, 0.6) is 0 Å². The van der Waals surface area contributed by atoms with E-state index in [9.17, 15) is 53.1 Å². The van der Waals surface area contributed by atoms with Gasteiger partial charge in [0, 0.05) is 72.1 Å². The molecule has 0 aliphatic carbocycles. The molecule has 0 spiro atoms. The van der Waals surface area contributed by atoms with Gasteiger partial charge in [-0.3, -0.25) is 43.3 Å². The highest BCUT2D eigenvalue weighted by molar-refractivity contribution is 5.98. The number of carbonyl (C=O) groups is 10. The van der Waals surface area contributed by atoms with Gasteiger partial charge in [-0.05, 0) is 105 Å². The number of nitrogens with zero attached hydrogens (tertiary/aromatic N) is 4. The van der Waals surface area contributed by atoms with Crippen LogP contribution in [0.2, 0.25) is 0 Å². The summed E-state index contributed by atoms with van der Waals surface area (Å²) in [5, 5.41) is 26.9. The molecule has 0 bridgehead atoms. The number of hydrogen-bond acceptors (Lipinski definition) is 15. The second-order valence-corrected chi connectivity index (χ2v) is 26.1. The van der Waals surface area contributed by atoms with Crippen LogP contribution in [0.25, 0.3) is 0 Å². The predicted molar refractivity (Wildman–Crippen MR) is 358 cm³/mol. The summed E-state index contributed by atoms with van der Waals surface area (Å²) in [6.45, 7) is 18.3. The molecule has 25 heteroatoms. The summed E-state index contributed by atoms with van der Waals surface area (Å²) in [7, 11) is 7.85. The van der Waals surface area contributed by atoms with Crippen molar-refractivity contribution in [3.63, 3.8) is 0 Å². The number of aliphatic hydroxyl groups excluding tert-OH is 1. The first-order valence-corrected chi connectivity index (χ1v) is 33.3. The molecule has 0 saturated carbocycles. The molecule has 25 nitrogen and oxygen atoms in total. The number of carbonyl (C=O) groups excluding carboxylic acids is 10. The molecule has 94 heavy (non-hydrogen) atoms. The number of hydrogen-bond donors (Lipinski definition) is 8. The lowest BCUT2D eigenvalue weighted by molar-refractivity contribution is -0.149. The lowest BCUT2D eigenvalue weighted by Crippen LogP contribution is -2.60. The van der Waals surface area contributed by atoms with Gasteiger partial charge in [0.05, 0.1) is 49.8 Å². The Hall–Kier alpha value is -7.48. The maximum atomic E-state index is 14.9. The third-order valence-electron chi connectivity index (χ3n) is 18.1. The Labute approximate surface area is 556 Å². The molecule has 10 amide bonds. The molecule has 4 rings (SSSR count). The number of amides is 10. The van der Waals surface area contributed by atoms with Gasteiger partial charge in [0.25, 0.3) is 0 Å². The third-order valence-corrected chi connectivity index (χ3v) is 18.1. The van der Waals surface area contributed by atoms with E-state index in [4.69, 9.17) is 19.9 Å². The third kappa shape index (κ3) is 23.8. The number of anilines is 1.